The second-order valence-electron chi connectivity index (χ2n) is 2.92. The second kappa shape index (κ2) is 4.16. The minimum atomic E-state index is 0.582. The molecule has 0 fully saturated rings. The molecule has 5 heteroatoms. The maximum atomic E-state index is 5.28. The van der Waals surface area contributed by atoms with E-state index in [-0.39, 0.29) is 0 Å². The van der Waals surface area contributed by atoms with E-state index in [0.717, 1.165) is 5.65 Å². The van der Waals surface area contributed by atoms with Crippen LogP contribution in [0.4, 0.5) is 0 Å². The summed E-state index contributed by atoms with van der Waals surface area (Å²) >= 11 is 0. The Morgan fingerprint density at radius 3 is 2.60 bits per heavy atom. The lowest BCUT2D eigenvalue weighted by molar-refractivity contribution is 0.320. The summed E-state index contributed by atoms with van der Waals surface area (Å²) < 4.78 is 12.2. The van der Waals surface area contributed by atoms with E-state index in [9.17, 15) is 0 Å². The molecule has 0 radical (unpaired) electrons. The van der Waals surface area contributed by atoms with Crippen molar-refractivity contribution in [2.75, 3.05) is 13.2 Å². The molecule has 0 unspecified atom stereocenters. The summed E-state index contributed by atoms with van der Waals surface area (Å²) in [5, 5.41) is 4.22. The first-order valence-corrected chi connectivity index (χ1v) is 4.95. The molecule has 0 atom stereocenters. The summed E-state index contributed by atoms with van der Waals surface area (Å²) in [6, 6.07) is 3.64. The van der Waals surface area contributed by atoms with Gasteiger partial charge in [0, 0.05) is 6.07 Å². The van der Waals surface area contributed by atoms with Crippen LogP contribution in [0.5, 0.6) is 11.8 Å². The van der Waals surface area contributed by atoms with Gasteiger partial charge < -0.3 is 9.47 Å². The number of fused-ring (bicyclic) bond motifs is 1. The number of hydrogen-bond donors (Lipinski definition) is 0. The van der Waals surface area contributed by atoms with Crippen molar-refractivity contribution in [1.29, 1.82) is 0 Å². The van der Waals surface area contributed by atoms with Crippen molar-refractivity contribution in [2.24, 2.45) is 0 Å². The molecule has 15 heavy (non-hydrogen) atoms. The highest BCUT2D eigenvalue weighted by Crippen LogP contribution is 2.13. The lowest BCUT2D eigenvalue weighted by atomic mass is 10.5. The number of nitrogens with zero attached hydrogens (tertiary/aromatic N) is 3. The fraction of sp³-hybridized carbons (Fsp3) is 0.400. The van der Waals surface area contributed by atoms with Crippen molar-refractivity contribution in [1.82, 2.24) is 14.6 Å². The first-order valence-electron chi connectivity index (χ1n) is 4.95. The van der Waals surface area contributed by atoms with E-state index in [0.29, 0.717) is 25.0 Å². The third kappa shape index (κ3) is 2.01. The normalized spacial score (nSPS) is 10.5. The predicted molar refractivity (Wildman–Crippen MR) is 55.3 cm³/mol. The van der Waals surface area contributed by atoms with E-state index < -0.39 is 0 Å². The summed E-state index contributed by atoms with van der Waals surface area (Å²) in [5.74, 6) is 1.17. The molecule has 0 amide bonds. The van der Waals surface area contributed by atoms with Crippen LogP contribution in [-0.4, -0.2) is 27.8 Å². The Hall–Kier alpha value is -1.78. The summed E-state index contributed by atoms with van der Waals surface area (Å²) in [7, 11) is 0. The van der Waals surface area contributed by atoms with Crippen molar-refractivity contribution in [3.8, 4) is 11.8 Å². The quantitative estimate of drug-likeness (QED) is 0.762. The van der Waals surface area contributed by atoms with E-state index >= 15 is 0 Å². The Bertz CT molecular complexity index is 449. The topological polar surface area (TPSA) is 48.7 Å². The Balaban J connectivity index is 2.34. The molecule has 80 valence electrons. The van der Waals surface area contributed by atoms with Gasteiger partial charge in [-0.15, -0.1) is 5.10 Å². The van der Waals surface area contributed by atoms with Crippen LogP contribution in [0.15, 0.2) is 18.3 Å². The molecule has 2 aromatic rings. The molecule has 0 spiro atoms. The zero-order valence-corrected chi connectivity index (χ0v) is 8.80. The summed E-state index contributed by atoms with van der Waals surface area (Å²) in [5.41, 5.74) is 0.752. The number of ether oxygens (including phenoxy) is 2. The molecule has 0 aliphatic heterocycles. The van der Waals surface area contributed by atoms with Crippen molar-refractivity contribution in [3.63, 3.8) is 0 Å². The Kier molecular flexibility index (Phi) is 2.71. The highest BCUT2D eigenvalue weighted by atomic mass is 16.5. The van der Waals surface area contributed by atoms with Crippen molar-refractivity contribution in [3.05, 3.63) is 18.3 Å². The molecule has 5 nitrogen and oxygen atoms in total. The fourth-order valence-corrected chi connectivity index (χ4v) is 1.29. The Labute approximate surface area is 87.6 Å². The van der Waals surface area contributed by atoms with E-state index in [1.54, 1.807) is 16.8 Å². The number of rotatable bonds is 4. The van der Waals surface area contributed by atoms with Crippen LogP contribution in [0.2, 0.25) is 0 Å². The molecule has 0 aliphatic carbocycles. The summed E-state index contributed by atoms with van der Waals surface area (Å²) in [6.07, 6.45) is 1.74. The van der Waals surface area contributed by atoms with Crippen molar-refractivity contribution >= 4 is 5.65 Å². The highest BCUT2D eigenvalue weighted by Gasteiger charge is 2.03. The van der Waals surface area contributed by atoms with E-state index in [4.69, 9.17) is 9.47 Å². The molecule has 0 aromatic carbocycles. The molecule has 2 heterocycles. The van der Waals surface area contributed by atoms with Gasteiger partial charge in [0.2, 0.25) is 11.8 Å². The Morgan fingerprint density at radius 2 is 1.87 bits per heavy atom. The van der Waals surface area contributed by atoms with Crippen LogP contribution in [-0.2, 0) is 0 Å². The first kappa shape index (κ1) is 9.76. The van der Waals surface area contributed by atoms with Crippen LogP contribution in [0.3, 0.4) is 0 Å². The van der Waals surface area contributed by atoms with Gasteiger partial charge in [0.25, 0.3) is 0 Å². The zero-order chi connectivity index (χ0) is 10.7. The van der Waals surface area contributed by atoms with E-state index in [1.807, 2.05) is 19.9 Å². The third-order valence-corrected chi connectivity index (χ3v) is 1.86. The van der Waals surface area contributed by atoms with Gasteiger partial charge in [0.15, 0.2) is 5.65 Å². The average Bonchev–Trinajstić information content (AvgIpc) is 2.60. The van der Waals surface area contributed by atoms with Gasteiger partial charge in [-0.2, -0.15) is 4.98 Å². The smallest absolute Gasteiger partial charge is 0.234 e. The molecule has 2 aromatic heterocycles. The molecule has 0 N–H and O–H groups in total. The molecule has 0 saturated heterocycles. The number of aromatic nitrogens is 3. The van der Waals surface area contributed by atoms with Crippen LogP contribution >= 0.6 is 0 Å². The van der Waals surface area contributed by atoms with Gasteiger partial charge in [0.05, 0.1) is 19.4 Å². The molecular weight excluding hydrogens is 194 g/mol. The van der Waals surface area contributed by atoms with Crippen LogP contribution in [0.25, 0.3) is 5.65 Å². The van der Waals surface area contributed by atoms with Crippen molar-refractivity contribution < 1.29 is 9.47 Å². The second-order valence-corrected chi connectivity index (χ2v) is 2.92. The minimum absolute atomic E-state index is 0.582. The van der Waals surface area contributed by atoms with Crippen LogP contribution in [0.1, 0.15) is 13.8 Å². The average molecular weight is 207 g/mol. The maximum absolute atomic E-state index is 5.28. The summed E-state index contributed by atoms with van der Waals surface area (Å²) in [6.45, 7) is 5.04. The Morgan fingerprint density at radius 1 is 1.13 bits per heavy atom. The van der Waals surface area contributed by atoms with Gasteiger partial charge in [-0.25, -0.2) is 4.52 Å². The van der Waals surface area contributed by atoms with Crippen molar-refractivity contribution in [2.45, 2.75) is 13.8 Å². The summed E-state index contributed by atoms with van der Waals surface area (Å²) in [4.78, 5) is 4.23. The monoisotopic (exact) mass is 207 g/mol. The highest BCUT2D eigenvalue weighted by molar-refractivity contribution is 5.41. The first-order chi connectivity index (χ1) is 7.33. The maximum Gasteiger partial charge on any atom is 0.234 e. The lowest BCUT2D eigenvalue weighted by Crippen LogP contribution is -1.98. The number of hydrogen-bond acceptors (Lipinski definition) is 4. The largest absolute Gasteiger partial charge is 0.477 e. The third-order valence-electron chi connectivity index (χ3n) is 1.86. The van der Waals surface area contributed by atoms with Gasteiger partial charge in [-0.05, 0) is 19.9 Å². The van der Waals surface area contributed by atoms with Gasteiger partial charge in [0.1, 0.15) is 0 Å². The van der Waals surface area contributed by atoms with E-state index in [2.05, 4.69) is 10.1 Å². The zero-order valence-electron chi connectivity index (χ0n) is 8.80. The predicted octanol–water partition coefficient (Wildman–Crippen LogP) is 1.53. The lowest BCUT2D eigenvalue weighted by Gasteiger charge is -2.00. The van der Waals surface area contributed by atoms with Gasteiger partial charge >= 0.3 is 0 Å². The van der Waals surface area contributed by atoms with Gasteiger partial charge in [-0.1, -0.05) is 0 Å². The molecular formula is C10H13N3O2. The molecule has 0 bridgehead atoms. The SMILES string of the molecule is CCOc1cn2nc(OCC)ccc2n1. The van der Waals surface area contributed by atoms with E-state index in [1.165, 1.54) is 0 Å². The van der Waals surface area contributed by atoms with Gasteiger partial charge in [-0.3, -0.25) is 0 Å². The molecule has 0 saturated carbocycles. The standard InChI is InChI=1S/C10H13N3O2/c1-3-14-9-6-5-8-11-10(15-4-2)7-13(8)12-9/h5-7H,3-4H2,1-2H3. The number of imidazole rings is 1. The van der Waals surface area contributed by atoms with Crippen LogP contribution in [0, 0.1) is 0 Å². The fourth-order valence-electron chi connectivity index (χ4n) is 1.29. The molecule has 2 rings (SSSR count). The van der Waals surface area contributed by atoms with Crippen LogP contribution < -0.4 is 9.47 Å². The molecule has 0 aliphatic rings. The minimum Gasteiger partial charge on any atom is -0.477 e.